The molecule has 0 spiro atoms. The van der Waals surface area contributed by atoms with E-state index in [1.54, 1.807) is 29.1 Å². The first-order valence-electron chi connectivity index (χ1n) is 12.4. The van der Waals surface area contributed by atoms with Gasteiger partial charge >= 0.3 is 6.18 Å². The second-order valence-electron chi connectivity index (χ2n) is 9.34. The van der Waals surface area contributed by atoms with Gasteiger partial charge in [-0.3, -0.25) is 9.78 Å². The highest BCUT2D eigenvalue weighted by atomic mass is 32.1. The van der Waals surface area contributed by atoms with Crippen molar-refractivity contribution < 1.29 is 18.0 Å². The van der Waals surface area contributed by atoms with Gasteiger partial charge in [-0.05, 0) is 73.7 Å². The van der Waals surface area contributed by atoms with Crippen LogP contribution < -0.4 is 10.6 Å². The highest BCUT2D eigenvalue weighted by molar-refractivity contribution is 7.80. The van der Waals surface area contributed by atoms with Crippen LogP contribution in [0, 0.1) is 6.92 Å². The van der Waals surface area contributed by atoms with Crippen LogP contribution in [0.2, 0.25) is 0 Å². The molecule has 5 rings (SSSR count). The van der Waals surface area contributed by atoms with Gasteiger partial charge in [0.2, 0.25) is 5.91 Å². The van der Waals surface area contributed by atoms with Crippen LogP contribution in [0.15, 0.2) is 91.3 Å². The number of rotatable bonds is 7. The van der Waals surface area contributed by atoms with E-state index in [1.165, 1.54) is 6.07 Å². The number of alkyl halides is 3. The van der Waals surface area contributed by atoms with Crippen LogP contribution in [0.5, 0.6) is 0 Å². The monoisotopic (exact) mass is 549 g/mol. The van der Waals surface area contributed by atoms with Gasteiger partial charge in [0.1, 0.15) is 0 Å². The maximum atomic E-state index is 13.5. The molecule has 1 aliphatic rings. The number of aromatic nitrogens is 2. The normalized spacial score (nSPS) is 17.2. The van der Waals surface area contributed by atoms with E-state index < -0.39 is 17.8 Å². The van der Waals surface area contributed by atoms with Crippen molar-refractivity contribution >= 4 is 28.9 Å². The van der Waals surface area contributed by atoms with Crippen LogP contribution in [0.25, 0.3) is 5.69 Å². The third-order valence-corrected chi connectivity index (χ3v) is 7.00. The van der Waals surface area contributed by atoms with Gasteiger partial charge in [-0.2, -0.15) is 13.2 Å². The van der Waals surface area contributed by atoms with Crippen LogP contribution in [0.3, 0.4) is 0 Å². The number of amides is 1. The fraction of sp³-hybridized carbons (Fsp3) is 0.207. The molecule has 0 bridgehead atoms. The Kier molecular flexibility index (Phi) is 7.38. The SMILES string of the molecule is Cc1ccc(NC(=O)CCN2C(=S)N[C@@H](c3ccccn3)[C@@H]2c2cccn2-c2cccc(C(F)(F)F)c2)cc1. The summed E-state index contributed by atoms with van der Waals surface area (Å²) in [5, 5.41) is 6.67. The number of hydrogen-bond acceptors (Lipinski definition) is 3. The Morgan fingerprint density at radius 1 is 1.05 bits per heavy atom. The molecule has 0 saturated carbocycles. The lowest BCUT2D eigenvalue weighted by atomic mass is 10.0. The van der Waals surface area contributed by atoms with Crippen LogP contribution in [-0.4, -0.2) is 32.0 Å². The summed E-state index contributed by atoms with van der Waals surface area (Å²) >= 11 is 5.69. The summed E-state index contributed by atoms with van der Waals surface area (Å²) in [4.78, 5) is 19.2. The third kappa shape index (κ3) is 5.80. The number of nitrogens with zero attached hydrogens (tertiary/aromatic N) is 3. The largest absolute Gasteiger partial charge is 0.416 e. The molecule has 2 aromatic carbocycles. The first-order chi connectivity index (χ1) is 18.7. The number of aryl methyl sites for hydroxylation is 1. The van der Waals surface area contributed by atoms with Gasteiger partial charge in [0.25, 0.3) is 0 Å². The Morgan fingerprint density at radius 2 is 1.85 bits per heavy atom. The van der Waals surface area contributed by atoms with E-state index in [0.717, 1.165) is 29.1 Å². The van der Waals surface area contributed by atoms with Crippen molar-refractivity contribution in [2.75, 3.05) is 11.9 Å². The first-order valence-corrected chi connectivity index (χ1v) is 12.8. The summed E-state index contributed by atoms with van der Waals surface area (Å²) in [5.41, 5.74) is 2.89. The van der Waals surface area contributed by atoms with Crippen molar-refractivity contribution in [3.8, 4) is 5.69 Å². The average Bonchev–Trinajstić information content (AvgIpc) is 3.53. The highest BCUT2D eigenvalue weighted by Gasteiger charge is 2.41. The summed E-state index contributed by atoms with van der Waals surface area (Å²) in [6.45, 7) is 2.27. The zero-order valence-electron chi connectivity index (χ0n) is 21.0. The molecular weight excluding hydrogens is 523 g/mol. The number of thiocarbonyl (C=S) groups is 1. The molecule has 4 aromatic rings. The van der Waals surface area contributed by atoms with Crippen LogP contribution in [-0.2, 0) is 11.0 Å². The van der Waals surface area contributed by atoms with Crippen LogP contribution >= 0.6 is 12.2 Å². The molecule has 39 heavy (non-hydrogen) atoms. The fourth-order valence-corrected chi connectivity index (χ4v) is 5.08. The number of hydrogen-bond donors (Lipinski definition) is 2. The van der Waals surface area contributed by atoms with Crippen molar-refractivity contribution in [1.82, 2.24) is 19.8 Å². The Balaban J connectivity index is 1.46. The molecule has 2 aromatic heterocycles. The van der Waals surface area contributed by atoms with Gasteiger partial charge in [0.15, 0.2) is 5.11 Å². The van der Waals surface area contributed by atoms with Gasteiger partial charge in [0, 0.05) is 42.4 Å². The maximum Gasteiger partial charge on any atom is 0.416 e. The molecule has 2 atom stereocenters. The van der Waals surface area contributed by atoms with E-state index in [0.29, 0.717) is 23.0 Å². The fourth-order valence-electron chi connectivity index (χ4n) is 4.75. The van der Waals surface area contributed by atoms with E-state index in [-0.39, 0.29) is 18.4 Å². The Hall–Kier alpha value is -4.18. The van der Waals surface area contributed by atoms with Crippen molar-refractivity contribution in [2.24, 2.45) is 0 Å². The molecule has 1 aliphatic heterocycles. The number of halogens is 3. The Labute approximate surface area is 229 Å². The third-order valence-electron chi connectivity index (χ3n) is 6.65. The number of pyridine rings is 1. The van der Waals surface area contributed by atoms with E-state index in [1.807, 2.05) is 60.4 Å². The summed E-state index contributed by atoms with van der Waals surface area (Å²) in [7, 11) is 0. The lowest BCUT2D eigenvalue weighted by molar-refractivity contribution is -0.137. The second-order valence-corrected chi connectivity index (χ2v) is 9.72. The first kappa shape index (κ1) is 26.4. The number of carbonyl (C=O) groups excluding carboxylic acids is 1. The predicted octanol–water partition coefficient (Wildman–Crippen LogP) is 6.20. The summed E-state index contributed by atoms with van der Waals surface area (Å²) in [6.07, 6.45) is -0.900. The van der Waals surface area contributed by atoms with Crippen LogP contribution in [0.4, 0.5) is 18.9 Å². The summed E-state index contributed by atoms with van der Waals surface area (Å²) < 4.78 is 42.1. The van der Waals surface area contributed by atoms with Gasteiger partial charge in [-0.25, -0.2) is 0 Å². The van der Waals surface area contributed by atoms with Crippen molar-refractivity contribution in [1.29, 1.82) is 0 Å². The molecule has 0 unspecified atom stereocenters. The molecule has 6 nitrogen and oxygen atoms in total. The predicted molar refractivity (Wildman–Crippen MR) is 147 cm³/mol. The molecule has 1 saturated heterocycles. The summed E-state index contributed by atoms with van der Waals surface area (Å²) in [5.74, 6) is -0.171. The molecule has 0 radical (unpaired) electrons. The maximum absolute atomic E-state index is 13.5. The lowest BCUT2D eigenvalue weighted by Crippen LogP contribution is -2.33. The van der Waals surface area contributed by atoms with Crippen molar-refractivity contribution in [2.45, 2.75) is 31.6 Å². The van der Waals surface area contributed by atoms with Crippen molar-refractivity contribution in [3.63, 3.8) is 0 Å². The highest BCUT2D eigenvalue weighted by Crippen LogP contribution is 2.40. The van der Waals surface area contributed by atoms with E-state index in [9.17, 15) is 18.0 Å². The standard InChI is InChI=1S/C29H26F3N5OS/c1-19-10-12-21(13-11-19)34-25(38)14-17-37-27(26(35-28(37)39)23-8-2-3-15-33-23)24-9-5-16-36(24)22-7-4-6-20(18-22)29(30,31)32/h2-13,15-16,18,26-27H,14,17H2,1H3,(H,34,38)(H,35,39)/t26-,27-/m0/s1. The number of benzene rings is 2. The lowest BCUT2D eigenvalue weighted by Gasteiger charge is -2.29. The molecule has 10 heteroatoms. The molecule has 3 heterocycles. The van der Waals surface area contributed by atoms with Crippen LogP contribution in [0.1, 0.15) is 41.0 Å². The Morgan fingerprint density at radius 3 is 2.56 bits per heavy atom. The minimum Gasteiger partial charge on any atom is -0.352 e. The minimum atomic E-state index is -4.47. The zero-order valence-corrected chi connectivity index (χ0v) is 21.8. The molecule has 0 aliphatic carbocycles. The number of nitrogens with one attached hydrogen (secondary N) is 2. The molecule has 1 fully saturated rings. The summed E-state index contributed by atoms with van der Waals surface area (Å²) in [6, 6.07) is 21.1. The van der Waals surface area contributed by atoms with E-state index >= 15 is 0 Å². The number of anilines is 1. The zero-order chi connectivity index (χ0) is 27.6. The number of carbonyl (C=O) groups is 1. The quantitative estimate of drug-likeness (QED) is 0.269. The smallest absolute Gasteiger partial charge is 0.352 e. The van der Waals surface area contributed by atoms with E-state index in [2.05, 4.69) is 15.6 Å². The van der Waals surface area contributed by atoms with Gasteiger partial charge < -0.3 is 20.1 Å². The topological polar surface area (TPSA) is 62.2 Å². The molecule has 2 N–H and O–H groups in total. The molecule has 1 amide bonds. The molecule has 200 valence electrons. The second kappa shape index (κ2) is 10.9. The Bertz CT molecular complexity index is 1470. The van der Waals surface area contributed by atoms with Gasteiger partial charge in [-0.1, -0.05) is 29.8 Å². The minimum absolute atomic E-state index is 0.158. The van der Waals surface area contributed by atoms with E-state index in [4.69, 9.17) is 12.2 Å². The average molecular weight is 550 g/mol. The van der Waals surface area contributed by atoms with Gasteiger partial charge in [0.05, 0.1) is 23.3 Å². The van der Waals surface area contributed by atoms with Gasteiger partial charge in [-0.15, -0.1) is 0 Å². The van der Waals surface area contributed by atoms with Crippen molar-refractivity contribution in [3.05, 3.63) is 114 Å². The molecular formula is C29H26F3N5OS.